The molecule has 1 aromatic carbocycles. The van der Waals surface area contributed by atoms with Crippen molar-refractivity contribution in [2.24, 2.45) is 0 Å². The molecule has 4 amide bonds. The van der Waals surface area contributed by atoms with E-state index < -0.39 is 0 Å². The average molecular weight is 364 g/mol. The van der Waals surface area contributed by atoms with Crippen molar-refractivity contribution in [1.82, 2.24) is 20.4 Å². The van der Waals surface area contributed by atoms with E-state index in [-0.39, 0.29) is 12.1 Å². The topological polar surface area (TPSA) is 88.7 Å². The van der Waals surface area contributed by atoms with Crippen LogP contribution in [0.5, 0.6) is 0 Å². The van der Waals surface area contributed by atoms with Gasteiger partial charge in [0.1, 0.15) is 0 Å². The Morgan fingerprint density at radius 2 is 1.08 bits per heavy atom. The summed E-state index contributed by atoms with van der Waals surface area (Å²) in [5, 5.41) is 11.2. The van der Waals surface area contributed by atoms with Gasteiger partial charge in [0.15, 0.2) is 0 Å². The molecule has 0 aliphatic rings. The summed E-state index contributed by atoms with van der Waals surface area (Å²) in [7, 11) is 8.00. The second kappa shape index (κ2) is 12.1. The van der Waals surface area contributed by atoms with Crippen LogP contribution in [0.3, 0.4) is 0 Å². The Hall–Kier alpha value is -2.32. The first-order valence-electron chi connectivity index (χ1n) is 8.86. The lowest BCUT2D eigenvalue weighted by atomic mass is 10.3. The number of rotatable bonds is 10. The van der Waals surface area contributed by atoms with Crippen molar-refractivity contribution in [2.45, 2.75) is 12.8 Å². The van der Waals surface area contributed by atoms with Crippen LogP contribution in [-0.2, 0) is 0 Å². The fraction of sp³-hybridized carbons (Fsp3) is 0.556. The van der Waals surface area contributed by atoms with Crippen LogP contribution in [0.1, 0.15) is 12.8 Å². The third kappa shape index (κ3) is 10.5. The molecule has 4 N–H and O–H groups in total. The van der Waals surface area contributed by atoms with Gasteiger partial charge < -0.3 is 31.1 Å². The van der Waals surface area contributed by atoms with Crippen molar-refractivity contribution >= 4 is 23.4 Å². The van der Waals surface area contributed by atoms with E-state index in [1.54, 1.807) is 24.3 Å². The van der Waals surface area contributed by atoms with Crippen LogP contribution < -0.4 is 21.3 Å². The Morgan fingerprint density at radius 3 is 1.38 bits per heavy atom. The highest BCUT2D eigenvalue weighted by Crippen LogP contribution is 2.13. The number of nitrogens with zero attached hydrogens (tertiary/aromatic N) is 2. The predicted octanol–water partition coefficient (Wildman–Crippen LogP) is 1.83. The van der Waals surface area contributed by atoms with E-state index in [4.69, 9.17) is 0 Å². The molecule has 0 atom stereocenters. The van der Waals surface area contributed by atoms with E-state index in [9.17, 15) is 9.59 Å². The highest BCUT2D eigenvalue weighted by Gasteiger charge is 2.04. The maximum Gasteiger partial charge on any atom is 0.319 e. The fourth-order valence-corrected chi connectivity index (χ4v) is 2.18. The van der Waals surface area contributed by atoms with Gasteiger partial charge in [-0.1, -0.05) is 0 Å². The summed E-state index contributed by atoms with van der Waals surface area (Å²) in [6, 6.07) is 6.54. The van der Waals surface area contributed by atoms with Crippen molar-refractivity contribution in [1.29, 1.82) is 0 Å². The predicted molar refractivity (Wildman–Crippen MR) is 107 cm³/mol. The molecule has 0 aliphatic carbocycles. The van der Waals surface area contributed by atoms with E-state index in [0.29, 0.717) is 24.5 Å². The van der Waals surface area contributed by atoms with Crippen LogP contribution in [0, 0.1) is 0 Å². The van der Waals surface area contributed by atoms with E-state index in [2.05, 4.69) is 31.1 Å². The van der Waals surface area contributed by atoms with Gasteiger partial charge in [0, 0.05) is 24.5 Å². The first-order chi connectivity index (χ1) is 12.4. The monoisotopic (exact) mass is 364 g/mol. The minimum Gasteiger partial charge on any atom is -0.338 e. The molecular weight excluding hydrogens is 332 g/mol. The molecular formula is C18H32N6O2. The summed E-state index contributed by atoms with van der Waals surface area (Å²) in [5.41, 5.74) is 1.35. The van der Waals surface area contributed by atoms with Gasteiger partial charge in [0.25, 0.3) is 0 Å². The normalized spacial score (nSPS) is 10.7. The molecule has 0 saturated heterocycles. The standard InChI is InChI=1S/C18H32N6O2/c1-23(2)13-5-11-19-17(25)21-15-7-9-16(10-8-15)22-18(26)20-12-6-14-24(3)4/h7-10H,5-6,11-14H2,1-4H3,(H2,19,21,25)(H2,20,22,26). The second-order valence-electron chi connectivity index (χ2n) is 6.65. The second-order valence-corrected chi connectivity index (χ2v) is 6.65. The molecule has 0 radical (unpaired) electrons. The Morgan fingerprint density at radius 1 is 0.731 bits per heavy atom. The minimum absolute atomic E-state index is 0.233. The highest BCUT2D eigenvalue weighted by atomic mass is 16.2. The molecule has 0 bridgehead atoms. The van der Waals surface area contributed by atoms with E-state index >= 15 is 0 Å². The van der Waals surface area contributed by atoms with Crippen molar-refractivity contribution in [3.05, 3.63) is 24.3 Å². The van der Waals surface area contributed by atoms with E-state index in [1.807, 2.05) is 28.2 Å². The molecule has 26 heavy (non-hydrogen) atoms. The van der Waals surface area contributed by atoms with Crippen LogP contribution in [-0.4, -0.2) is 76.2 Å². The van der Waals surface area contributed by atoms with Crippen molar-refractivity contribution in [3.8, 4) is 0 Å². The van der Waals surface area contributed by atoms with Crippen molar-refractivity contribution < 1.29 is 9.59 Å². The first kappa shape index (κ1) is 21.7. The summed E-state index contributed by atoms with van der Waals surface area (Å²) in [6.07, 6.45) is 1.79. The Labute approximate surface area is 156 Å². The van der Waals surface area contributed by atoms with Crippen LogP contribution in [0.25, 0.3) is 0 Å². The lowest BCUT2D eigenvalue weighted by molar-refractivity contribution is 0.250. The number of amides is 4. The van der Waals surface area contributed by atoms with Gasteiger partial charge in [-0.05, 0) is 78.4 Å². The van der Waals surface area contributed by atoms with Gasteiger partial charge in [-0.25, -0.2) is 9.59 Å². The quantitative estimate of drug-likeness (QED) is 0.477. The number of urea groups is 2. The molecule has 8 heteroatoms. The fourth-order valence-electron chi connectivity index (χ4n) is 2.18. The smallest absolute Gasteiger partial charge is 0.319 e. The minimum atomic E-state index is -0.233. The first-order valence-corrected chi connectivity index (χ1v) is 8.86. The van der Waals surface area contributed by atoms with E-state index in [0.717, 1.165) is 25.9 Å². The zero-order valence-corrected chi connectivity index (χ0v) is 16.3. The molecule has 0 spiro atoms. The van der Waals surface area contributed by atoms with Crippen molar-refractivity contribution in [3.63, 3.8) is 0 Å². The lowest BCUT2D eigenvalue weighted by Crippen LogP contribution is -2.31. The summed E-state index contributed by atoms with van der Waals surface area (Å²) in [5.74, 6) is 0. The number of anilines is 2. The number of carbonyl (C=O) groups is 2. The number of carbonyl (C=O) groups excluding carboxylic acids is 2. The molecule has 0 heterocycles. The number of nitrogens with one attached hydrogen (secondary N) is 4. The Bertz CT molecular complexity index is 496. The SMILES string of the molecule is CN(C)CCCNC(=O)Nc1ccc(NC(=O)NCCCN(C)C)cc1. The molecule has 1 aromatic rings. The maximum absolute atomic E-state index is 11.8. The third-order valence-corrected chi connectivity index (χ3v) is 3.54. The van der Waals surface area contributed by atoms with Crippen LogP contribution >= 0.6 is 0 Å². The molecule has 0 fully saturated rings. The molecule has 0 aliphatic heterocycles. The van der Waals surface area contributed by atoms with Crippen LogP contribution in [0.2, 0.25) is 0 Å². The van der Waals surface area contributed by atoms with E-state index in [1.165, 1.54) is 0 Å². The maximum atomic E-state index is 11.8. The van der Waals surface area contributed by atoms with Gasteiger partial charge in [-0.3, -0.25) is 0 Å². The van der Waals surface area contributed by atoms with Gasteiger partial charge >= 0.3 is 12.1 Å². The highest BCUT2D eigenvalue weighted by molar-refractivity contribution is 5.91. The zero-order chi connectivity index (χ0) is 19.4. The number of hydrogen-bond acceptors (Lipinski definition) is 4. The summed E-state index contributed by atoms with van der Waals surface area (Å²) < 4.78 is 0. The van der Waals surface area contributed by atoms with Gasteiger partial charge in [-0.2, -0.15) is 0 Å². The zero-order valence-electron chi connectivity index (χ0n) is 16.3. The molecule has 0 unspecified atom stereocenters. The summed E-state index contributed by atoms with van der Waals surface area (Å²) in [6.45, 7) is 3.10. The Kier molecular flexibility index (Phi) is 10.1. The van der Waals surface area contributed by atoms with Crippen molar-refractivity contribution in [2.75, 3.05) is 65.0 Å². The molecule has 1 rings (SSSR count). The van der Waals surface area contributed by atoms with Crippen LogP contribution in [0.15, 0.2) is 24.3 Å². The van der Waals surface area contributed by atoms with Crippen LogP contribution in [0.4, 0.5) is 21.0 Å². The number of benzene rings is 1. The Balaban J connectivity index is 2.27. The summed E-state index contributed by atoms with van der Waals surface area (Å²) >= 11 is 0. The van der Waals surface area contributed by atoms with Gasteiger partial charge in [0.05, 0.1) is 0 Å². The van der Waals surface area contributed by atoms with Gasteiger partial charge in [0.2, 0.25) is 0 Å². The average Bonchev–Trinajstić information content (AvgIpc) is 2.57. The molecule has 0 saturated carbocycles. The van der Waals surface area contributed by atoms with Gasteiger partial charge in [-0.15, -0.1) is 0 Å². The molecule has 0 aromatic heterocycles. The molecule has 8 nitrogen and oxygen atoms in total. The number of hydrogen-bond donors (Lipinski definition) is 4. The summed E-state index contributed by atoms with van der Waals surface area (Å²) in [4.78, 5) is 27.7. The molecule has 146 valence electrons. The lowest BCUT2D eigenvalue weighted by Gasteiger charge is -2.12. The largest absolute Gasteiger partial charge is 0.338 e. The third-order valence-electron chi connectivity index (χ3n) is 3.54.